The molecule has 0 saturated heterocycles. The Morgan fingerprint density at radius 1 is 1.10 bits per heavy atom. The molecule has 1 aromatic carbocycles. The number of hydrogen-bond donors (Lipinski definition) is 1. The fraction of sp³-hybridized carbons (Fsp3) is 0.538. The molecule has 0 bridgehead atoms. The van der Waals surface area contributed by atoms with Crippen LogP contribution in [0.3, 0.4) is 0 Å². The Hall–Kier alpha value is -1.44. The first-order valence-corrected chi connectivity index (χ1v) is 6.21. The van der Waals surface area contributed by atoms with Crippen LogP contribution >= 0.6 is 0 Å². The average Bonchev–Trinajstić information content (AvgIpc) is 2.79. The lowest BCUT2D eigenvalue weighted by Gasteiger charge is -2.31. The van der Waals surface area contributed by atoms with Crippen molar-refractivity contribution in [2.24, 2.45) is 5.92 Å². The van der Waals surface area contributed by atoms with Gasteiger partial charge in [0.05, 0.1) is 12.6 Å². The van der Waals surface area contributed by atoms with Crippen molar-refractivity contribution in [3.8, 4) is 5.75 Å². The first kappa shape index (κ1) is 15.9. The zero-order valence-corrected chi connectivity index (χ0v) is 11.0. The molecule has 1 heterocycles. The zero-order valence-electron chi connectivity index (χ0n) is 11.0. The molecule has 1 atom stereocenters. The number of hydrogen-bond acceptors (Lipinski definition) is 2. The predicted molar refractivity (Wildman–Crippen MR) is 63.0 cm³/mol. The molecule has 1 unspecified atom stereocenters. The van der Waals surface area contributed by atoms with Crippen LogP contribution in [-0.2, 0) is 6.42 Å². The van der Waals surface area contributed by atoms with Crippen molar-refractivity contribution in [2.45, 2.75) is 24.8 Å². The lowest BCUT2D eigenvalue weighted by atomic mass is 9.90. The van der Waals surface area contributed by atoms with E-state index in [9.17, 15) is 26.3 Å². The van der Waals surface area contributed by atoms with Gasteiger partial charge in [-0.05, 0) is 24.2 Å². The van der Waals surface area contributed by atoms with E-state index in [1.54, 1.807) is 0 Å². The Kier molecular flexibility index (Phi) is 4.10. The van der Waals surface area contributed by atoms with E-state index < -0.39 is 24.3 Å². The Morgan fingerprint density at radius 2 is 1.71 bits per heavy atom. The van der Waals surface area contributed by atoms with E-state index in [2.05, 4.69) is 5.32 Å². The fourth-order valence-electron chi connectivity index (χ4n) is 2.49. The first-order valence-electron chi connectivity index (χ1n) is 6.21. The van der Waals surface area contributed by atoms with E-state index in [4.69, 9.17) is 4.74 Å². The number of halogens is 6. The van der Waals surface area contributed by atoms with Crippen LogP contribution in [0, 0.1) is 5.92 Å². The van der Waals surface area contributed by atoms with Crippen LogP contribution in [0.1, 0.15) is 17.2 Å². The van der Waals surface area contributed by atoms with Crippen LogP contribution in [0.5, 0.6) is 5.75 Å². The third-order valence-electron chi connectivity index (χ3n) is 3.42. The van der Waals surface area contributed by atoms with Crippen LogP contribution in [0.2, 0.25) is 0 Å². The first-order chi connectivity index (χ1) is 9.64. The Morgan fingerprint density at radius 3 is 2.24 bits per heavy atom. The van der Waals surface area contributed by atoms with E-state index >= 15 is 0 Å². The minimum absolute atomic E-state index is 0.0543. The summed E-state index contributed by atoms with van der Waals surface area (Å²) in [7, 11) is 1.08. The molecule has 0 aromatic heterocycles. The van der Waals surface area contributed by atoms with Gasteiger partial charge in [-0.1, -0.05) is 12.1 Å². The Labute approximate surface area is 117 Å². The smallest absolute Gasteiger partial charge is 0.402 e. The summed E-state index contributed by atoms with van der Waals surface area (Å²) >= 11 is 0. The summed E-state index contributed by atoms with van der Waals surface area (Å²) in [6, 6.07) is 2.09. The molecule has 0 fully saturated rings. The van der Waals surface area contributed by atoms with Crippen LogP contribution in [0.25, 0.3) is 0 Å². The standard InChI is InChI=1S/C13H13F6NO/c1-20-10(11(12(14,15)16)13(17,18)19)8-2-3-9-7(6-8)4-5-21-9/h2-3,6,10-11,20H,4-5H2,1H3. The quantitative estimate of drug-likeness (QED) is 0.861. The van der Waals surface area contributed by atoms with E-state index in [0.29, 0.717) is 24.3 Å². The van der Waals surface area contributed by atoms with Gasteiger partial charge >= 0.3 is 12.4 Å². The van der Waals surface area contributed by atoms with Crippen molar-refractivity contribution in [2.75, 3.05) is 13.7 Å². The summed E-state index contributed by atoms with van der Waals surface area (Å²) in [4.78, 5) is 0. The highest BCUT2D eigenvalue weighted by Crippen LogP contribution is 2.46. The van der Waals surface area contributed by atoms with E-state index in [0.717, 1.165) is 7.05 Å². The van der Waals surface area contributed by atoms with Gasteiger partial charge in [0, 0.05) is 6.42 Å². The minimum atomic E-state index is -5.39. The van der Waals surface area contributed by atoms with Crippen LogP contribution in [0.4, 0.5) is 26.3 Å². The number of alkyl halides is 6. The van der Waals surface area contributed by atoms with Gasteiger partial charge in [0.25, 0.3) is 0 Å². The number of rotatable bonds is 3. The summed E-state index contributed by atoms with van der Waals surface area (Å²) in [6.07, 6.45) is -10.3. The monoisotopic (exact) mass is 313 g/mol. The predicted octanol–water partition coefficient (Wildman–Crippen LogP) is 3.62. The van der Waals surface area contributed by atoms with Crippen molar-refractivity contribution in [1.29, 1.82) is 0 Å². The third-order valence-corrected chi connectivity index (χ3v) is 3.42. The number of fused-ring (bicyclic) bond motifs is 1. The highest BCUT2D eigenvalue weighted by molar-refractivity contribution is 5.41. The second-order valence-electron chi connectivity index (χ2n) is 4.79. The maximum Gasteiger partial charge on any atom is 0.402 e. The number of benzene rings is 1. The van der Waals surface area contributed by atoms with E-state index in [1.165, 1.54) is 18.2 Å². The molecule has 118 valence electrons. The molecule has 1 N–H and O–H groups in total. The molecule has 0 spiro atoms. The van der Waals surface area contributed by atoms with Crippen molar-refractivity contribution in [3.05, 3.63) is 29.3 Å². The van der Waals surface area contributed by atoms with Gasteiger partial charge < -0.3 is 10.1 Å². The van der Waals surface area contributed by atoms with E-state index in [1.807, 2.05) is 0 Å². The van der Waals surface area contributed by atoms with E-state index in [-0.39, 0.29) is 5.56 Å². The van der Waals surface area contributed by atoms with Gasteiger partial charge in [0.1, 0.15) is 5.75 Å². The SMILES string of the molecule is CNC(c1ccc2c(c1)CCO2)C(C(F)(F)F)C(F)(F)F. The average molecular weight is 313 g/mol. The van der Waals surface area contributed by atoms with Crippen molar-refractivity contribution in [1.82, 2.24) is 5.32 Å². The van der Waals surface area contributed by atoms with Gasteiger partial charge in [-0.15, -0.1) is 0 Å². The van der Waals surface area contributed by atoms with Crippen molar-refractivity contribution >= 4 is 0 Å². The molecule has 0 radical (unpaired) electrons. The van der Waals surface area contributed by atoms with Crippen LogP contribution in [-0.4, -0.2) is 26.0 Å². The molecule has 1 aliphatic heterocycles. The topological polar surface area (TPSA) is 21.3 Å². The maximum absolute atomic E-state index is 12.8. The second-order valence-corrected chi connectivity index (χ2v) is 4.79. The largest absolute Gasteiger partial charge is 0.493 e. The Bertz CT molecular complexity index is 496. The van der Waals surface area contributed by atoms with Gasteiger partial charge in [-0.2, -0.15) is 26.3 Å². The molecule has 0 saturated carbocycles. The molecule has 21 heavy (non-hydrogen) atoms. The third kappa shape index (κ3) is 3.25. The molecule has 2 nitrogen and oxygen atoms in total. The van der Waals surface area contributed by atoms with Gasteiger partial charge in [-0.3, -0.25) is 0 Å². The maximum atomic E-state index is 12.8. The molecular weight excluding hydrogens is 300 g/mol. The normalized spacial score (nSPS) is 16.8. The minimum Gasteiger partial charge on any atom is -0.493 e. The molecule has 1 aliphatic rings. The highest BCUT2D eigenvalue weighted by Gasteiger charge is 2.60. The molecule has 0 amide bonds. The second kappa shape index (κ2) is 5.40. The van der Waals surface area contributed by atoms with Gasteiger partial charge in [0.15, 0.2) is 5.92 Å². The van der Waals surface area contributed by atoms with Crippen LogP contribution in [0.15, 0.2) is 18.2 Å². The van der Waals surface area contributed by atoms with Gasteiger partial charge in [0.2, 0.25) is 0 Å². The summed E-state index contributed by atoms with van der Waals surface area (Å²) < 4.78 is 82.2. The zero-order chi connectivity index (χ0) is 15.8. The number of ether oxygens (including phenoxy) is 1. The summed E-state index contributed by atoms with van der Waals surface area (Å²) in [5.41, 5.74) is 0.567. The number of nitrogens with one attached hydrogen (secondary N) is 1. The fourth-order valence-corrected chi connectivity index (χ4v) is 2.49. The summed E-state index contributed by atoms with van der Waals surface area (Å²) in [5.74, 6) is -2.96. The van der Waals surface area contributed by atoms with Crippen molar-refractivity contribution in [3.63, 3.8) is 0 Å². The van der Waals surface area contributed by atoms with Crippen molar-refractivity contribution < 1.29 is 31.1 Å². The molecule has 0 aliphatic carbocycles. The molecule has 1 aromatic rings. The summed E-state index contributed by atoms with van der Waals surface area (Å²) in [6.45, 7) is 0.380. The lowest BCUT2D eigenvalue weighted by Crippen LogP contribution is -2.45. The van der Waals surface area contributed by atoms with Crippen LogP contribution < -0.4 is 10.1 Å². The highest BCUT2D eigenvalue weighted by atomic mass is 19.4. The summed E-state index contributed by atoms with van der Waals surface area (Å²) in [5, 5.41) is 2.14. The lowest BCUT2D eigenvalue weighted by molar-refractivity contribution is -0.292. The molecule has 8 heteroatoms. The molecule has 2 rings (SSSR count). The Balaban J connectivity index is 2.41. The molecular formula is C13H13F6NO. The van der Waals surface area contributed by atoms with Gasteiger partial charge in [-0.25, -0.2) is 0 Å².